The van der Waals surface area contributed by atoms with Gasteiger partial charge in [-0.3, -0.25) is 4.79 Å². The largest absolute Gasteiger partial charge is 0.438 e. The van der Waals surface area contributed by atoms with Crippen LogP contribution in [0.2, 0.25) is 0 Å². The van der Waals surface area contributed by atoms with Crippen molar-refractivity contribution >= 4 is 23.0 Å². The van der Waals surface area contributed by atoms with E-state index in [2.05, 4.69) is 20.4 Å². The fourth-order valence-corrected chi connectivity index (χ4v) is 6.08. The average molecular weight is 614 g/mol. The van der Waals surface area contributed by atoms with E-state index < -0.39 is 73.3 Å². The molecule has 1 aromatic carbocycles. The Morgan fingerprint density at radius 3 is 2.53 bits per heavy atom. The van der Waals surface area contributed by atoms with Gasteiger partial charge in [-0.25, -0.2) is 32.6 Å². The van der Waals surface area contributed by atoms with Crippen LogP contribution in [-0.4, -0.2) is 61.3 Å². The van der Waals surface area contributed by atoms with Crippen LogP contribution in [0.5, 0.6) is 0 Å². The minimum atomic E-state index is -4.66. The van der Waals surface area contributed by atoms with Gasteiger partial charge in [0.15, 0.2) is 11.4 Å². The number of urea groups is 1. The second-order valence-electron chi connectivity index (χ2n) is 11.4. The Morgan fingerprint density at radius 2 is 1.91 bits per heavy atom. The normalized spacial score (nSPS) is 22.5. The molecule has 232 valence electrons. The van der Waals surface area contributed by atoms with Crippen LogP contribution in [-0.2, 0) is 6.54 Å². The number of carbonyl (C=O) groups is 2. The number of carbonyl (C=O) groups excluding carboxylic acids is 2. The lowest BCUT2D eigenvalue weighted by molar-refractivity contribution is -0.150. The molecule has 16 heteroatoms. The topological polar surface area (TPSA) is 118 Å². The van der Waals surface area contributed by atoms with Gasteiger partial charge in [0.05, 0.1) is 12.6 Å². The first kappa shape index (κ1) is 29.2. The molecular formula is C27H29F6N7O3. The number of hydrogen-bond acceptors (Lipinski definition) is 6. The summed E-state index contributed by atoms with van der Waals surface area (Å²) in [4.78, 5) is 35.1. The first-order valence-corrected chi connectivity index (χ1v) is 14.2. The van der Waals surface area contributed by atoms with E-state index in [1.165, 1.54) is 23.1 Å². The van der Waals surface area contributed by atoms with Gasteiger partial charge in [-0.2, -0.15) is 18.3 Å². The van der Waals surface area contributed by atoms with Crippen LogP contribution < -0.4 is 10.6 Å². The van der Waals surface area contributed by atoms with Crippen molar-refractivity contribution in [3.8, 4) is 0 Å². The predicted molar refractivity (Wildman–Crippen MR) is 137 cm³/mol. The van der Waals surface area contributed by atoms with Gasteiger partial charge in [0, 0.05) is 24.9 Å². The summed E-state index contributed by atoms with van der Waals surface area (Å²) in [6, 6.07) is -2.18. The Labute approximate surface area is 241 Å². The number of halogens is 6. The van der Waals surface area contributed by atoms with E-state index in [-0.39, 0.29) is 47.1 Å². The maximum absolute atomic E-state index is 16.1. The number of aromatic nitrogens is 4. The number of fused-ring (bicyclic) bond motifs is 1. The maximum atomic E-state index is 16.1. The summed E-state index contributed by atoms with van der Waals surface area (Å²) in [5.74, 6) is -5.20. The molecule has 3 aromatic rings. The molecule has 0 spiro atoms. The van der Waals surface area contributed by atoms with Crippen molar-refractivity contribution in [3.05, 3.63) is 41.6 Å². The van der Waals surface area contributed by atoms with Crippen molar-refractivity contribution in [3.63, 3.8) is 0 Å². The van der Waals surface area contributed by atoms with E-state index >= 15 is 4.39 Å². The molecule has 2 aliphatic carbocycles. The fraction of sp³-hybridized carbons (Fsp3) is 0.593. The number of hydrogen-bond donors (Lipinski definition) is 2. The van der Waals surface area contributed by atoms with Crippen LogP contribution in [0.1, 0.15) is 79.6 Å². The van der Waals surface area contributed by atoms with Crippen LogP contribution in [0.25, 0.3) is 11.1 Å². The minimum Gasteiger partial charge on any atom is -0.438 e. The number of oxazole rings is 1. The van der Waals surface area contributed by atoms with Gasteiger partial charge in [-0.1, -0.05) is 6.07 Å². The average Bonchev–Trinajstić information content (AvgIpc) is 3.31. The van der Waals surface area contributed by atoms with E-state index in [0.717, 1.165) is 4.90 Å². The van der Waals surface area contributed by atoms with E-state index in [9.17, 15) is 31.5 Å². The highest BCUT2D eigenvalue weighted by molar-refractivity contribution is 5.91. The monoisotopic (exact) mass is 613 g/mol. The first-order valence-electron chi connectivity index (χ1n) is 14.2. The van der Waals surface area contributed by atoms with E-state index in [1.54, 1.807) is 6.92 Å². The lowest BCUT2D eigenvalue weighted by atomic mass is 9.82. The Morgan fingerprint density at radius 1 is 1.19 bits per heavy atom. The van der Waals surface area contributed by atoms with Crippen molar-refractivity contribution in [2.75, 3.05) is 6.54 Å². The summed E-state index contributed by atoms with van der Waals surface area (Å²) in [5.41, 5.74) is -0.231. The standard InChI is InChI=1S/C27H29F6N7O3/c1-2-40-22(34-12-35-40)23(41)37-19(13-7-9-26(29,30)10-8-13)24-38-20-16(43-24)6-5-15(18(20)28)21(14-3-4-14)39-11-17(27(31,32)33)36-25(39)42/h5-6,12-14,17,19,21H,2-4,7-11H2,1H3,(H,36,42)(H,37,41)/t17?,19-,21?/m0/s1. The zero-order valence-electron chi connectivity index (χ0n) is 23.0. The summed E-state index contributed by atoms with van der Waals surface area (Å²) in [7, 11) is 0. The number of nitrogens with one attached hydrogen (secondary N) is 2. The summed E-state index contributed by atoms with van der Waals surface area (Å²) < 4.78 is 91.4. The molecule has 3 aliphatic rings. The number of rotatable bonds is 8. The predicted octanol–water partition coefficient (Wildman–Crippen LogP) is 5.28. The van der Waals surface area contributed by atoms with Crippen molar-refractivity contribution in [1.29, 1.82) is 0 Å². The van der Waals surface area contributed by atoms with Crippen molar-refractivity contribution in [1.82, 2.24) is 35.3 Å². The highest BCUT2D eigenvalue weighted by Gasteiger charge is 2.51. The van der Waals surface area contributed by atoms with Crippen LogP contribution >= 0.6 is 0 Å². The third kappa shape index (κ3) is 5.62. The number of amides is 3. The molecule has 3 heterocycles. The second-order valence-corrected chi connectivity index (χ2v) is 11.4. The molecule has 43 heavy (non-hydrogen) atoms. The smallest absolute Gasteiger partial charge is 0.410 e. The molecule has 3 atom stereocenters. The molecule has 10 nitrogen and oxygen atoms in total. The SMILES string of the molecule is CCn1ncnc1C(=O)N[C@H](c1nc2c(F)c(C(C3CC3)N3CC(C(F)(F)F)NC3=O)ccc2o1)C1CCC(F)(F)CC1. The molecule has 3 fully saturated rings. The fourth-order valence-electron chi connectivity index (χ4n) is 6.08. The highest BCUT2D eigenvalue weighted by Crippen LogP contribution is 2.48. The van der Waals surface area contributed by atoms with E-state index in [4.69, 9.17) is 4.42 Å². The van der Waals surface area contributed by atoms with Crippen LogP contribution in [0, 0.1) is 17.7 Å². The van der Waals surface area contributed by atoms with Crippen LogP contribution in [0.4, 0.5) is 31.1 Å². The molecule has 0 bridgehead atoms. The Kier molecular flexibility index (Phi) is 7.27. The maximum Gasteiger partial charge on any atom is 0.410 e. The van der Waals surface area contributed by atoms with Crippen molar-refractivity contribution in [2.45, 2.75) is 82.2 Å². The lowest BCUT2D eigenvalue weighted by Gasteiger charge is -2.32. The summed E-state index contributed by atoms with van der Waals surface area (Å²) in [6.45, 7) is 1.45. The van der Waals surface area contributed by atoms with Gasteiger partial charge < -0.3 is 20.0 Å². The van der Waals surface area contributed by atoms with Gasteiger partial charge in [0.25, 0.3) is 5.91 Å². The molecule has 3 amide bonds. The lowest BCUT2D eigenvalue weighted by Crippen LogP contribution is -2.40. The quantitative estimate of drug-likeness (QED) is 0.334. The molecule has 1 aliphatic heterocycles. The van der Waals surface area contributed by atoms with Crippen molar-refractivity contribution in [2.24, 2.45) is 11.8 Å². The zero-order chi connectivity index (χ0) is 30.7. The van der Waals surface area contributed by atoms with Gasteiger partial charge in [0.2, 0.25) is 17.6 Å². The van der Waals surface area contributed by atoms with E-state index in [0.29, 0.717) is 19.4 Å². The Hall–Kier alpha value is -3.85. The van der Waals surface area contributed by atoms with Gasteiger partial charge in [0.1, 0.15) is 23.9 Å². The summed E-state index contributed by atoms with van der Waals surface area (Å²) >= 11 is 0. The summed E-state index contributed by atoms with van der Waals surface area (Å²) in [6.07, 6.45) is -2.97. The van der Waals surface area contributed by atoms with Gasteiger partial charge in [-0.05, 0) is 50.5 Å². The molecule has 2 unspecified atom stereocenters. The molecule has 2 saturated carbocycles. The van der Waals surface area contributed by atoms with Crippen LogP contribution in [0.3, 0.4) is 0 Å². The molecule has 6 rings (SSSR count). The van der Waals surface area contributed by atoms with Crippen LogP contribution in [0.15, 0.2) is 22.9 Å². The third-order valence-corrected chi connectivity index (χ3v) is 8.51. The second kappa shape index (κ2) is 10.7. The number of alkyl halides is 5. The first-order chi connectivity index (χ1) is 20.4. The van der Waals surface area contributed by atoms with Gasteiger partial charge >= 0.3 is 12.2 Å². The van der Waals surface area contributed by atoms with E-state index in [1.807, 2.05) is 5.32 Å². The number of benzene rings is 1. The molecule has 2 aromatic heterocycles. The molecule has 2 N–H and O–H groups in total. The summed E-state index contributed by atoms with van der Waals surface area (Å²) in [5, 5.41) is 8.68. The highest BCUT2D eigenvalue weighted by atomic mass is 19.4. The Bertz CT molecular complexity index is 1520. The number of nitrogens with zero attached hydrogens (tertiary/aromatic N) is 5. The van der Waals surface area contributed by atoms with Crippen molar-refractivity contribution < 1.29 is 40.3 Å². The molecule has 1 saturated heterocycles. The number of aryl methyl sites for hydroxylation is 1. The Balaban J connectivity index is 1.34. The van der Waals surface area contributed by atoms with Gasteiger partial charge in [-0.15, -0.1) is 0 Å². The molecule has 0 radical (unpaired) electrons. The minimum absolute atomic E-state index is 0.00164. The zero-order valence-corrected chi connectivity index (χ0v) is 23.0. The third-order valence-electron chi connectivity index (χ3n) is 8.51. The molecular weight excluding hydrogens is 584 g/mol.